The maximum absolute atomic E-state index is 13.1. The molecule has 0 radical (unpaired) electrons. The van der Waals surface area contributed by atoms with Crippen molar-refractivity contribution in [2.45, 2.75) is 13.1 Å². The molecule has 0 aliphatic carbocycles. The number of nitro groups is 1. The Bertz CT molecular complexity index is 1070. The molecule has 150 valence electrons. The normalized spacial score (nSPS) is 11.3. The van der Waals surface area contributed by atoms with Crippen molar-refractivity contribution in [2.24, 2.45) is 0 Å². The number of H-pyrrole nitrogens is 1. The van der Waals surface area contributed by atoms with Gasteiger partial charge in [-0.1, -0.05) is 24.3 Å². The second kappa shape index (κ2) is 7.78. The summed E-state index contributed by atoms with van der Waals surface area (Å²) in [5.41, 5.74) is -0.698. The van der Waals surface area contributed by atoms with Crippen LogP contribution in [0.2, 0.25) is 0 Å². The van der Waals surface area contributed by atoms with Gasteiger partial charge in [-0.3, -0.25) is 10.1 Å². The van der Waals surface area contributed by atoms with E-state index in [0.29, 0.717) is 0 Å². The lowest BCUT2D eigenvalue weighted by molar-refractivity contribution is -0.384. The molecule has 0 fully saturated rings. The zero-order valence-electron chi connectivity index (χ0n) is 15.1. The average Bonchev–Trinajstić information content (AvgIpc) is 3.12. The first-order chi connectivity index (χ1) is 13.7. The van der Waals surface area contributed by atoms with E-state index in [4.69, 9.17) is 4.74 Å². The van der Waals surface area contributed by atoms with Crippen molar-refractivity contribution < 1.29 is 27.6 Å². The van der Waals surface area contributed by atoms with Gasteiger partial charge in [0.25, 0.3) is 5.69 Å². The third kappa shape index (κ3) is 3.98. The molecule has 0 atom stereocenters. The third-order valence-electron chi connectivity index (χ3n) is 4.22. The highest BCUT2D eigenvalue weighted by Crippen LogP contribution is 2.41. The number of nitro benzene ring substituents is 1. The fraction of sp³-hybridized carbons (Fsp3) is 0.150. The number of halogens is 3. The van der Waals surface area contributed by atoms with Crippen LogP contribution in [0.3, 0.4) is 0 Å². The van der Waals surface area contributed by atoms with Crippen LogP contribution in [0.25, 0.3) is 22.4 Å². The zero-order valence-corrected chi connectivity index (χ0v) is 15.1. The Hall–Kier alpha value is -3.62. The molecule has 0 unspecified atom stereocenters. The fourth-order valence-electron chi connectivity index (χ4n) is 3.00. The molecule has 1 N–H and O–H groups in total. The van der Waals surface area contributed by atoms with E-state index in [1.54, 1.807) is 13.0 Å². The van der Waals surface area contributed by atoms with E-state index in [1.807, 2.05) is 0 Å². The lowest BCUT2D eigenvalue weighted by Gasteiger charge is -2.11. The summed E-state index contributed by atoms with van der Waals surface area (Å²) in [7, 11) is 0. The number of aromatic amines is 1. The summed E-state index contributed by atoms with van der Waals surface area (Å²) in [5, 5.41) is 11.5. The smallest absolute Gasteiger partial charge is 0.416 e. The molecule has 2 aromatic carbocycles. The van der Waals surface area contributed by atoms with Crippen molar-refractivity contribution in [1.82, 2.24) is 4.98 Å². The Morgan fingerprint density at radius 2 is 1.90 bits per heavy atom. The number of benzene rings is 2. The minimum Gasteiger partial charge on any atom is -0.462 e. The standard InChI is InChI=1S/C20H15F3N2O4/c1-2-29-19(26)15-11-24-18(12-6-5-7-13(10-12)20(21,22)23)17(15)14-8-3-4-9-16(14)25(27)28/h3-11,24H,2H2,1H3. The van der Waals surface area contributed by atoms with Gasteiger partial charge in [0.15, 0.2) is 0 Å². The van der Waals surface area contributed by atoms with E-state index < -0.39 is 22.6 Å². The van der Waals surface area contributed by atoms with E-state index in [9.17, 15) is 28.1 Å². The number of esters is 1. The SMILES string of the molecule is CCOC(=O)c1c[nH]c(-c2cccc(C(F)(F)F)c2)c1-c1ccccc1[N+](=O)[O-]. The van der Waals surface area contributed by atoms with Crippen LogP contribution in [-0.4, -0.2) is 22.5 Å². The largest absolute Gasteiger partial charge is 0.462 e. The van der Waals surface area contributed by atoms with Crippen molar-refractivity contribution in [2.75, 3.05) is 6.61 Å². The topological polar surface area (TPSA) is 85.2 Å². The number of aromatic nitrogens is 1. The van der Waals surface area contributed by atoms with Gasteiger partial charge in [-0.25, -0.2) is 4.79 Å². The van der Waals surface area contributed by atoms with E-state index >= 15 is 0 Å². The van der Waals surface area contributed by atoms with Gasteiger partial charge in [0.2, 0.25) is 0 Å². The van der Waals surface area contributed by atoms with Crippen molar-refractivity contribution in [3.63, 3.8) is 0 Å². The molecule has 9 heteroatoms. The molecule has 0 aliphatic heterocycles. The van der Waals surface area contributed by atoms with Crippen LogP contribution < -0.4 is 0 Å². The number of carbonyl (C=O) groups excluding carboxylic acids is 1. The average molecular weight is 404 g/mol. The molecule has 3 aromatic rings. The van der Waals surface area contributed by atoms with Gasteiger partial charge in [-0.2, -0.15) is 13.2 Å². The Kier molecular flexibility index (Phi) is 5.40. The summed E-state index contributed by atoms with van der Waals surface area (Å²) in [6.45, 7) is 1.67. The first-order valence-electron chi connectivity index (χ1n) is 8.54. The van der Waals surface area contributed by atoms with Crippen molar-refractivity contribution in [1.29, 1.82) is 0 Å². The van der Waals surface area contributed by atoms with Crippen LogP contribution in [0.1, 0.15) is 22.8 Å². The highest BCUT2D eigenvalue weighted by atomic mass is 19.4. The molecule has 29 heavy (non-hydrogen) atoms. The Balaban J connectivity index is 2.28. The summed E-state index contributed by atoms with van der Waals surface area (Å²) in [5.74, 6) is -0.741. The molecule has 6 nitrogen and oxygen atoms in total. The molecule has 1 heterocycles. The van der Waals surface area contributed by atoms with Crippen LogP contribution in [0, 0.1) is 10.1 Å². The van der Waals surface area contributed by atoms with Crippen molar-refractivity contribution in [3.8, 4) is 22.4 Å². The number of para-hydroxylation sites is 1. The first-order valence-corrected chi connectivity index (χ1v) is 8.54. The number of hydrogen-bond donors (Lipinski definition) is 1. The summed E-state index contributed by atoms with van der Waals surface area (Å²) in [6, 6.07) is 10.2. The number of nitrogens with one attached hydrogen (secondary N) is 1. The number of carbonyl (C=O) groups is 1. The second-order valence-electron chi connectivity index (χ2n) is 6.03. The Morgan fingerprint density at radius 1 is 1.17 bits per heavy atom. The molecule has 0 aliphatic rings. The summed E-state index contributed by atoms with van der Waals surface area (Å²) in [4.78, 5) is 26.1. The lowest BCUT2D eigenvalue weighted by atomic mass is 9.95. The van der Waals surface area contributed by atoms with Gasteiger partial charge in [-0.05, 0) is 30.7 Å². The van der Waals surface area contributed by atoms with Gasteiger partial charge in [0.05, 0.1) is 33.9 Å². The van der Waals surface area contributed by atoms with Crippen LogP contribution in [0.15, 0.2) is 54.7 Å². The molecule has 0 saturated heterocycles. The molecule has 0 bridgehead atoms. The number of ether oxygens (including phenoxy) is 1. The predicted molar refractivity (Wildman–Crippen MR) is 99.3 cm³/mol. The quantitative estimate of drug-likeness (QED) is 0.348. The maximum Gasteiger partial charge on any atom is 0.416 e. The van der Waals surface area contributed by atoms with E-state index in [2.05, 4.69) is 4.98 Å². The first kappa shape index (κ1) is 20.1. The molecular formula is C20H15F3N2O4. The van der Waals surface area contributed by atoms with Gasteiger partial charge in [0, 0.05) is 17.8 Å². The summed E-state index contributed by atoms with van der Waals surface area (Å²) in [6.07, 6.45) is -3.29. The minimum absolute atomic E-state index is 0.00596. The molecule has 1 aromatic heterocycles. The van der Waals surface area contributed by atoms with Crippen LogP contribution in [0.5, 0.6) is 0 Å². The fourth-order valence-corrected chi connectivity index (χ4v) is 3.00. The summed E-state index contributed by atoms with van der Waals surface area (Å²) < 4.78 is 44.4. The van der Waals surface area contributed by atoms with Crippen LogP contribution >= 0.6 is 0 Å². The van der Waals surface area contributed by atoms with Gasteiger partial charge >= 0.3 is 12.1 Å². The highest BCUT2D eigenvalue weighted by Gasteiger charge is 2.32. The maximum atomic E-state index is 13.1. The Morgan fingerprint density at radius 3 is 2.55 bits per heavy atom. The second-order valence-corrected chi connectivity index (χ2v) is 6.03. The van der Waals surface area contributed by atoms with Gasteiger partial charge in [0.1, 0.15) is 0 Å². The van der Waals surface area contributed by atoms with E-state index in [0.717, 1.165) is 12.1 Å². The van der Waals surface area contributed by atoms with E-state index in [1.165, 1.54) is 36.5 Å². The number of nitrogens with zero attached hydrogens (tertiary/aromatic N) is 1. The number of alkyl halides is 3. The minimum atomic E-state index is -4.56. The molecule has 0 spiro atoms. The molecular weight excluding hydrogens is 389 g/mol. The Labute approximate surface area is 163 Å². The number of hydrogen-bond acceptors (Lipinski definition) is 4. The molecule has 0 saturated carbocycles. The third-order valence-corrected chi connectivity index (χ3v) is 4.22. The molecule has 0 amide bonds. The predicted octanol–water partition coefficient (Wildman–Crippen LogP) is 5.45. The van der Waals surface area contributed by atoms with Gasteiger partial charge in [-0.15, -0.1) is 0 Å². The number of rotatable bonds is 5. The van der Waals surface area contributed by atoms with E-state index in [-0.39, 0.29) is 40.2 Å². The van der Waals surface area contributed by atoms with Crippen molar-refractivity contribution in [3.05, 3.63) is 76.0 Å². The highest BCUT2D eigenvalue weighted by molar-refractivity contribution is 6.03. The summed E-state index contributed by atoms with van der Waals surface area (Å²) >= 11 is 0. The monoisotopic (exact) mass is 404 g/mol. The van der Waals surface area contributed by atoms with Gasteiger partial charge < -0.3 is 9.72 Å². The van der Waals surface area contributed by atoms with Crippen molar-refractivity contribution >= 4 is 11.7 Å². The lowest BCUT2D eigenvalue weighted by Crippen LogP contribution is -2.06. The zero-order chi connectivity index (χ0) is 21.2. The van der Waals surface area contributed by atoms with Crippen LogP contribution in [-0.2, 0) is 10.9 Å². The van der Waals surface area contributed by atoms with Crippen LogP contribution in [0.4, 0.5) is 18.9 Å². The molecule has 3 rings (SSSR count).